The number of amides is 4. The Morgan fingerprint density at radius 2 is 1.73 bits per heavy atom. The van der Waals surface area contributed by atoms with Gasteiger partial charge in [0.2, 0.25) is 5.91 Å². The number of piperidine rings is 1. The molecule has 3 aliphatic heterocycles. The molecule has 0 aromatic heterocycles. The number of nitrogens with one attached hydrogen (secondary N) is 3. The van der Waals surface area contributed by atoms with E-state index < -0.39 is 6.03 Å². The number of ether oxygens (including phenoxy) is 2. The van der Waals surface area contributed by atoms with E-state index in [1.165, 1.54) is 19.3 Å². The zero-order valence-corrected chi connectivity index (χ0v) is 24.1. The normalized spacial score (nSPS) is 22.8. The van der Waals surface area contributed by atoms with Gasteiger partial charge in [-0.05, 0) is 81.2 Å². The van der Waals surface area contributed by atoms with Crippen molar-refractivity contribution in [1.29, 1.82) is 0 Å². The molecule has 0 unspecified atom stereocenters. The van der Waals surface area contributed by atoms with Crippen molar-refractivity contribution in [1.82, 2.24) is 15.1 Å². The van der Waals surface area contributed by atoms with E-state index in [4.69, 9.17) is 21.1 Å². The summed E-state index contributed by atoms with van der Waals surface area (Å²) < 4.78 is 12.4. The Labute approximate surface area is 245 Å². The Morgan fingerprint density at radius 1 is 1.00 bits per heavy atom. The van der Waals surface area contributed by atoms with Gasteiger partial charge in [0.05, 0.1) is 24.1 Å². The fourth-order valence-corrected chi connectivity index (χ4v) is 5.87. The lowest BCUT2D eigenvalue weighted by atomic mass is 9.94. The topological polar surface area (TPSA) is 112 Å². The van der Waals surface area contributed by atoms with E-state index >= 15 is 0 Å². The van der Waals surface area contributed by atoms with Crippen molar-refractivity contribution in [3.05, 3.63) is 53.1 Å². The number of likely N-dealkylation sites (N-methyl/N-ethyl adjacent to an activating group) is 1. The molecule has 2 aromatic carbocycles. The standard InChI is InChI=1S/C30H38ClN5O5/c1-35-25-11-10-23(18-28(37)32-13-16-36-14-3-2-4-15-36)41-27(25)19-40-26-12-9-22(17-24(26)29(35)38)34-30(39)33-21-7-5-20(31)6-8-21/h5-9,12,17,23,25,27H,2-4,10-11,13-16,18-19H2,1H3,(H,32,37)(H2,33,34,39)/t23-,25-,27+/m1/s1. The van der Waals surface area contributed by atoms with Crippen LogP contribution in [0.15, 0.2) is 42.5 Å². The summed E-state index contributed by atoms with van der Waals surface area (Å²) in [5, 5.41) is 9.12. The molecule has 0 spiro atoms. The molecule has 0 radical (unpaired) electrons. The molecule has 2 fully saturated rings. The third kappa shape index (κ3) is 7.69. The number of anilines is 2. The zero-order valence-electron chi connectivity index (χ0n) is 23.4. The van der Waals surface area contributed by atoms with Gasteiger partial charge in [-0.3, -0.25) is 9.59 Å². The van der Waals surface area contributed by atoms with Crippen molar-refractivity contribution in [3.63, 3.8) is 0 Å². The van der Waals surface area contributed by atoms with Crippen LogP contribution in [0.1, 0.15) is 48.9 Å². The number of hydrogen-bond acceptors (Lipinski definition) is 6. The number of urea groups is 1. The molecule has 5 rings (SSSR count). The van der Waals surface area contributed by atoms with E-state index in [0.717, 1.165) is 19.6 Å². The first-order valence-electron chi connectivity index (χ1n) is 14.4. The van der Waals surface area contributed by atoms with Crippen molar-refractivity contribution in [2.24, 2.45) is 0 Å². The number of carbonyl (C=O) groups is 3. The lowest BCUT2D eigenvalue weighted by Crippen LogP contribution is -2.54. The summed E-state index contributed by atoms with van der Waals surface area (Å²) in [6, 6.07) is 11.1. The summed E-state index contributed by atoms with van der Waals surface area (Å²) in [6.45, 7) is 4.00. The summed E-state index contributed by atoms with van der Waals surface area (Å²) >= 11 is 5.90. The SMILES string of the molecule is CN1C(=O)c2cc(NC(=O)Nc3ccc(Cl)cc3)ccc2OC[C@@H]2O[C@@H](CC(=O)NCCN3CCCCC3)CC[C@H]21. The van der Waals surface area contributed by atoms with Crippen LogP contribution >= 0.6 is 11.6 Å². The number of rotatable bonds is 7. The molecule has 0 bridgehead atoms. The van der Waals surface area contributed by atoms with Crippen LogP contribution in [0.3, 0.4) is 0 Å². The van der Waals surface area contributed by atoms with Crippen LogP contribution in [0, 0.1) is 0 Å². The summed E-state index contributed by atoms with van der Waals surface area (Å²) in [7, 11) is 1.76. The Balaban J connectivity index is 1.15. The fraction of sp³-hybridized carbons (Fsp3) is 0.500. The number of nitrogens with zero attached hydrogens (tertiary/aromatic N) is 2. The van der Waals surface area contributed by atoms with Crippen molar-refractivity contribution in [3.8, 4) is 5.75 Å². The maximum atomic E-state index is 13.5. The lowest BCUT2D eigenvalue weighted by Gasteiger charge is -2.42. The predicted octanol–water partition coefficient (Wildman–Crippen LogP) is 4.36. The molecule has 10 nitrogen and oxygen atoms in total. The number of halogens is 1. The number of fused-ring (bicyclic) bond motifs is 2. The van der Waals surface area contributed by atoms with Gasteiger partial charge in [0.25, 0.3) is 5.91 Å². The third-order valence-electron chi connectivity index (χ3n) is 7.98. The lowest BCUT2D eigenvalue weighted by molar-refractivity contribution is -0.134. The highest BCUT2D eigenvalue weighted by atomic mass is 35.5. The van der Waals surface area contributed by atoms with E-state index in [1.54, 1.807) is 54.4 Å². The molecule has 41 heavy (non-hydrogen) atoms. The van der Waals surface area contributed by atoms with E-state index in [2.05, 4.69) is 20.9 Å². The highest BCUT2D eigenvalue weighted by Gasteiger charge is 2.39. The summed E-state index contributed by atoms with van der Waals surface area (Å²) in [4.78, 5) is 42.7. The minimum absolute atomic E-state index is 0.00729. The third-order valence-corrected chi connectivity index (χ3v) is 8.24. The second-order valence-corrected chi connectivity index (χ2v) is 11.4. The van der Waals surface area contributed by atoms with Gasteiger partial charge >= 0.3 is 6.03 Å². The highest BCUT2D eigenvalue weighted by molar-refractivity contribution is 6.30. The van der Waals surface area contributed by atoms with Gasteiger partial charge in [-0.15, -0.1) is 0 Å². The molecule has 0 saturated carbocycles. The summed E-state index contributed by atoms with van der Waals surface area (Å²) in [5.41, 5.74) is 1.42. The van der Waals surface area contributed by atoms with E-state index in [0.29, 0.717) is 53.5 Å². The maximum absolute atomic E-state index is 13.5. The minimum Gasteiger partial charge on any atom is -0.490 e. The van der Waals surface area contributed by atoms with E-state index in [-0.39, 0.29) is 36.7 Å². The zero-order chi connectivity index (χ0) is 28.8. The maximum Gasteiger partial charge on any atom is 0.323 e. The van der Waals surface area contributed by atoms with Crippen molar-refractivity contribution >= 4 is 40.8 Å². The van der Waals surface area contributed by atoms with Crippen LogP contribution in [0.2, 0.25) is 5.02 Å². The average molecular weight is 584 g/mol. The van der Waals surface area contributed by atoms with Crippen LogP contribution in [-0.2, 0) is 9.53 Å². The first-order chi connectivity index (χ1) is 19.9. The largest absolute Gasteiger partial charge is 0.490 e. The molecular weight excluding hydrogens is 546 g/mol. The van der Waals surface area contributed by atoms with Crippen LogP contribution in [0.4, 0.5) is 16.2 Å². The number of hydrogen-bond donors (Lipinski definition) is 3. The molecule has 220 valence electrons. The van der Waals surface area contributed by atoms with Crippen LogP contribution in [0.25, 0.3) is 0 Å². The Kier molecular flexibility index (Phi) is 9.64. The monoisotopic (exact) mass is 583 g/mol. The van der Waals surface area contributed by atoms with Crippen LogP contribution in [0.5, 0.6) is 5.75 Å². The molecule has 11 heteroatoms. The quantitative estimate of drug-likeness (QED) is 0.447. The fourth-order valence-electron chi connectivity index (χ4n) is 5.75. The van der Waals surface area contributed by atoms with Crippen molar-refractivity contribution < 1.29 is 23.9 Å². The molecule has 3 N–H and O–H groups in total. The highest BCUT2D eigenvalue weighted by Crippen LogP contribution is 2.32. The Bertz CT molecular complexity index is 1240. The molecular formula is C30H38ClN5O5. The van der Waals surface area contributed by atoms with Crippen molar-refractivity contribution in [2.45, 2.75) is 56.8 Å². The molecule has 3 aliphatic rings. The van der Waals surface area contributed by atoms with Crippen LogP contribution < -0.4 is 20.7 Å². The number of benzene rings is 2. The average Bonchev–Trinajstić information content (AvgIpc) is 2.97. The van der Waals surface area contributed by atoms with Gasteiger partial charge in [0.15, 0.2) is 0 Å². The first-order valence-corrected chi connectivity index (χ1v) is 14.8. The Morgan fingerprint density at radius 3 is 2.51 bits per heavy atom. The molecule has 0 aliphatic carbocycles. The first kappa shape index (κ1) is 29.2. The molecule has 2 aromatic rings. The van der Waals surface area contributed by atoms with Gasteiger partial charge < -0.3 is 35.2 Å². The van der Waals surface area contributed by atoms with Gasteiger partial charge in [0.1, 0.15) is 18.5 Å². The predicted molar refractivity (Wildman–Crippen MR) is 158 cm³/mol. The van der Waals surface area contributed by atoms with Crippen LogP contribution in [-0.4, -0.2) is 85.7 Å². The summed E-state index contributed by atoms with van der Waals surface area (Å²) in [5.74, 6) is 0.200. The van der Waals surface area contributed by atoms with E-state index in [9.17, 15) is 14.4 Å². The number of carbonyl (C=O) groups excluding carboxylic acids is 3. The molecule has 4 amide bonds. The number of likely N-dealkylation sites (tertiary alicyclic amines) is 1. The molecule has 3 heterocycles. The second-order valence-electron chi connectivity index (χ2n) is 10.9. The van der Waals surface area contributed by atoms with Gasteiger partial charge in [-0.2, -0.15) is 0 Å². The Hall–Kier alpha value is -3.34. The van der Waals surface area contributed by atoms with E-state index in [1.807, 2.05) is 0 Å². The smallest absolute Gasteiger partial charge is 0.323 e. The van der Waals surface area contributed by atoms with Crippen molar-refractivity contribution in [2.75, 3.05) is 50.5 Å². The molecule has 3 atom stereocenters. The second kappa shape index (κ2) is 13.5. The molecule has 2 saturated heterocycles. The minimum atomic E-state index is -0.442. The van der Waals surface area contributed by atoms with Gasteiger partial charge in [-0.1, -0.05) is 18.0 Å². The van der Waals surface area contributed by atoms with Gasteiger partial charge in [-0.25, -0.2) is 4.79 Å². The van der Waals surface area contributed by atoms with Gasteiger partial charge in [0, 0.05) is 36.5 Å². The summed E-state index contributed by atoms with van der Waals surface area (Å²) in [6.07, 6.45) is 4.87.